The molecule has 55 heavy (non-hydrogen) atoms. The highest BCUT2D eigenvalue weighted by molar-refractivity contribution is 6.43. The third-order valence-corrected chi connectivity index (χ3v) is 12.8. The molecule has 0 radical (unpaired) electrons. The number of benzene rings is 10. The van der Waals surface area contributed by atoms with Crippen LogP contribution >= 0.6 is 0 Å². The standard InChI is InChI=1S/C53H38N2/c1-5-18-35(19-6-1)54(36-20-7-2-8-21-36)46-34-45-50-47-39(26-15-28-41(46)47)40-27-16-29-42-48(40)51(50)49-43(30-17-31-44(49)53(45)32-13-14-33-53)52(42)55(37-22-9-3-10-23-37)38-24-11-4-12-25-38/h1-12,15-31,34H,13-14,32-33H2. The largest absolute Gasteiger partial charge is 0.310 e. The van der Waals surface area contributed by atoms with Crippen LogP contribution in [0.2, 0.25) is 0 Å². The Morgan fingerprint density at radius 3 is 1.31 bits per heavy atom. The Bertz CT molecular complexity index is 3000. The zero-order valence-electron chi connectivity index (χ0n) is 30.5. The lowest BCUT2D eigenvalue weighted by molar-refractivity contribution is 0.544. The maximum absolute atomic E-state index is 2.61. The molecule has 0 heterocycles. The Hall–Kier alpha value is -6.64. The summed E-state index contributed by atoms with van der Waals surface area (Å²) in [5.41, 5.74) is 10.1. The van der Waals surface area contributed by atoms with Gasteiger partial charge in [-0.05, 0) is 111 Å². The van der Waals surface area contributed by atoms with E-state index in [1.54, 1.807) is 0 Å². The van der Waals surface area contributed by atoms with Crippen molar-refractivity contribution < 1.29 is 0 Å². The van der Waals surface area contributed by atoms with Gasteiger partial charge in [0.25, 0.3) is 0 Å². The van der Waals surface area contributed by atoms with Crippen molar-refractivity contribution in [2.75, 3.05) is 9.80 Å². The molecular formula is C53H38N2. The number of hydrogen-bond donors (Lipinski definition) is 0. The highest BCUT2D eigenvalue weighted by Gasteiger charge is 2.44. The fourth-order valence-electron chi connectivity index (χ4n) is 10.7. The first-order chi connectivity index (χ1) is 27.3. The molecule has 2 heteroatoms. The molecule has 1 spiro atoms. The lowest BCUT2D eigenvalue weighted by atomic mass is 9.64. The predicted octanol–water partition coefficient (Wildman–Crippen LogP) is 15.0. The number of para-hydroxylation sites is 4. The summed E-state index contributed by atoms with van der Waals surface area (Å²) in [5, 5.41) is 13.7. The fraction of sp³-hybridized carbons (Fsp3) is 0.0943. The molecule has 0 N–H and O–H groups in total. The maximum Gasteiger partial charge on any atom is 0.0619 e. The van der Waals surface area contributed by atoms with Gasteiger partial charge in [0, 0.05) is 49.7 Å². The second-order valence-corrected chi connectivity index (χ2v) is 15.5. The number of nitrogens with zero attached hydrogens (tertiary/aromatic N) is 2. The Morgan fingerprint density at radius 1 is 0.327 bits per heavy atom. The summed E-state index contributed by atoms with van der Waals surface area (Å²) in [6.07, 6.45) is 4.76. The lowest BCUT2D eigenvalue weighted by Crippen LogP contribution is -2.27. The van der Waals surface area contributed by atoms with Crippen molar-refractivity contribution in [2.24, 2.45) is 0 Å². The molecule has 260 valence electrons. The third kappa shape index (κ3) is 4.20. The molecule has 0 amide bonds. The Kier molecular flexibility index (Phi) is 6.54. The van der Waals surface area contributed by atoms with Crippen LogP contribution in [0.15, 0.2) is 182 Å². The molecule has 2 nitrogen and oxygen atoms in total. The summed E-state index contributed by atoms with van der Waals surface area (Å²) in [6, 6.07) is 67.7. The quantitative estimate of drug-likeness (QED) is 0.126. The number of fused-ring (bicyclic) bond motifs is 3. The summed E-state index contributed by atoms with van der Waals surface area (Å²) in [7, 11) is 0. The maximum atomic E-state index is 2.61. The van der Waals surface area contributed by atoms with Gasteiger partial charge in [0.05, 0.1) is 11.4 Å². The Balaban J connectivity index is 1.30. The molecule has 0 unspecified atom stereocenters. The first-order valence-corrected chi connectivity index (χ1v) is 19.8. The Morgan fingerprint density at radius 2 is 0.764 bits per heavy atom. The molecule has 0 aliphatic heterocycles. The van der Waals surface area contributed by atoms with Crippen LogP contribution in [0, 0.1) is 0 Å². The van der Waals surface area contributed by atoms with E-state index in [9.17, 15) is 0 Å². The monoisotopic (exact) mass is 702 g/mol. The van der Waals surface area contributed by atoms with Gasteiger partial charge >= 0.3 is 0 Å². The van der Waals surface area contributed by atoms with Crippen LogP contribution in [0.5, 0.6) is 0 Å². The van der Waals surface area contributed by atoms with Crippen LogP contribution in [-0.4, -0.2) is 0 Å². The second-order valence-electron chi connectivity index (χ2n) is 15.5. The number of anilines is 6. The van der Waals surface area contributed by atoms with Crippen molar-refractivity contribution >= 4 is 88.0 Å². The smallest absolute Gasteiger partial charge is 0.0619 e. The zero-order valence-corrected chi connectivity index (χ0v) is 30.5. The second kappa shape index (κ2) is 11.7. The molecule has 2 aliphatic rings. The minimum absolute atomic E-state index is 0.0848. The molecular weight excluding hydrogens is 665 g/mol. The van der Waals surface area contributed by atoms with Gasteiger partial charge in [0.15, 0.2) is 0 Å². The molecule has 2 aliphatic carbocycles. The van der Waals surface area contributed by atoms with E-state index in [0.717, 1.165) is 12.8 Å². The van der Waals surface area contributed by atoms with Crippen LogP contribution in [0.3, 0.4) is 0 Å². The van der Waals surface area contributed by atoms with Gasteiger partial charge in [-0.1, -0.05) is 140 Å². The highest BCUT2D eigenvalue weighted by Crippen LogP contribution is 2.62. The minimum Gasteiger partial charge on any atom is -0.310 e. The van der Waals surface area contributed by atoms with Crippen molar-refractivity contribution in [1.82, 2.24) is 0 Å². The van der Waals surface area contributed by atoms with Crippen molar-refractivity contribution in [1.29, 1.82) is 0 Å². The predicted molar refractivity (Wildman–Crippen MR) is 234 cm³/mol. The molecule has 10 aromatic rings. The van der Waals surface area contributed by atoms with Crippen molar-refractivity contribution in [3.05, 3.63) is 193 Å². The van der Waals surface area contributed by atoms with E-state index in [0.29, 0.717) is 0 Å². The van der Waals surface area contributed by atoms with Gasteiger partial charge in [-0.2, -0.15) is 0 Å². The van der Waals surface area contributed by atoms with Gasteiger partial charge in [-0.15, -0.1) is 0 Å². The average molecular weight is 703 g/mol. The minimum atomic E-state index is -0.0848. The zero-order chi connectivity index (χ0) is 36.1. The topological polar surface area (TPSA) is 6.48 Å². The van der Waals surface area contributed by atoms with Gasteiger partial charge in [-0.3, -0.25) is 0 Å². The molecule has 0 atom stereocenters. The molecule has 0 aromatic heterocycles. The van der Waals surface area contributed by atoms with Gasteiger partial charge in [0.2, 0.25) is 0 Å². The first kappa shape index (κ1) is 30.8. The van der Waals surface area contributed by atoms with Crippen LogP contribution in [-0.2, 0) is 5.41 Å². The summed E-state index contributed by atoms with van der Waals surface area (Å²) in [6.45, 7) is 0. The van der Waals surface area contributed by atoms with E-state index in [1.165, 1.54) is 112 Å². The van der Waals surface area contributed by atoms with Gasteiger partial charge in [-0.25, -0.2) is 0 Å². The van der Waals surface area contributed by atoms with Crippen LogP contribution in [0.25, 0.3) is 53.9 Å². The average Bonchev–Trinajstić information content (AvgIpc) is 3.75. The van der Waals surface area contributed by atoms with Crippen LogP contribution < -0.4 is 9.80 Å². The van der Waals surface area contributed by atoms with Crippen molar-refractivity contribution in [2.45, 2.75) is 31.1 Å². The molecule has 1 fully saturated rings. The van der Waals surface area contributed by atoms with E-state index in [1.807, 2.05) is 0 Å². The van der Waals surface area contributed by atoms with E-state index in [4.69, 9.17) is 0 Å². The fourth-order valence-corrected chi connectivity index (χ4v) is 10.7. The molecule has 12 rings (SSSR count). The van der Waals surface area contributed by atoms with E-state index < -0.39 is 0 Å². The van der Waals surface area contributed by atoms with E-state index >= 15 is 0 Å². The Labute approximate surface area is 320 Å². The van der Waals surface area contributed by atoms with Crippen molar-refractivity contribution in [3.63, 3.8) is 0 Å². The number of hydrogen-bond acceptors (Lipinski definition) is 2. The molecule has 0 saturated heterocycles. The molecule has 1 saturated carbocycles. The highest BCUT2D eigenvalue weighted by atomic mass is 15.2. The summed E-state index contributed by atoms with van der Waals surface area (Å²) >= 11 is 0. The first-order valence-electron chi connectivity index (χ1n) is 19.8. The number of rotatable bonds is 6. The summed E-state index contributed by atoms with van der Waals surface area (Å²) < 4.78 is 0. The van der Waals surface area contributed by atoms with Gasteiger partial charge in [0.1, 0.15) is 0 Å². The van der Waals surface area contributed by atoms with Crippen LogP contribution in [0.1, 0.15) is 36.8 Å². The van der Waals surface area contributed by atoms with E-state index in [-0.39, 0.29) is 5.41 Å². The third-order valence-electron chi connectivity index (χ3n) is 12.8. The van der Waals surface area contributed by atoms with Crippen molar-refractivity contribution in [3.8, 4) is 0 Å². The lowest BCUT2D eigenvalue weighted by Gasteiger charge is -2.40. The normalized spacial score (nSPS) is 14.4. The van der Waals surface area contributed by atoms with Crippen LogP contribution in [0.4, 0.5) is 34.1 Å². The summed E-state index contributed by atoms with van der Waals surface area (Å²) in [4.78, 5) is 5.00. The van der Waals surface area contributed by atoms with Gasteiger partial charge < -0.3 is 9.80 Å². The molecule has 10 aromatic carbocycles. The SMILES string of the molecule is c1ccc(N(c2ccccc2)c2cc3c4c5c2cccc5c2cccc5c(N(c6ccccc6)c6ccccc6)c6cccc(c6c4c52)C32CCCC2)cc1. The summed E-state index contributed by atoms with van der Waals surface area (Å²) in [5.74, 6) is 0. The van der Waals surface area contributed by atoms with E-state index in [2.05, 4.69) is 192 Å². The molecule has 0 bridgehead atoms.